The third-order valence-electron chi connectivity index (χ3n) is 3.17. The van der Waals surface area contributed by atoms with Gasteiger partial charge in [-0.05, 0) is 6.92 Å². The summed E-state index contributed by atoms with van der Waals surface area (Å²) in [5, 5.41) is 6.81. The second-order valence-electron chi connectivity index (χ2n) is 4.81. The van der Waals surface area contributed by atoms with Gasteiger partial charge in [0.2, 0.25) is 0 Å². The minimum absolute atomic E-state index is 0.692. The molecular formula is C12H20BrN3S. The van der Waals surface area contributed by atoms with E-state index >= 15 is 0 Å². The minimum atomic E-state index is 0.692. The van der Waals surface area contributed by atoms with Gasteiger partial charge in [0.15, 0.2) is 0 Å². The third kappa shape index (κ3) is 2.65. The van der Waals surface area contributed by atoms with Crippen molar-refractivity contribution < 1.29 is 0 Å². The molecule has 2 unspecified atom stereocenters. The summed E-state index contributed by atoms with van der Waals surface area (Å²) in [6.45, 7) is 8.95. The molecule has 17 heavy (non-hydrogen) atoms. The van der Waals surface area contributed by atoms with Gasteiger partial charge in [0.25, 0.3) is 0 Å². The van der Waals surface area contributed by atoms with Crippen LogP contribution >= 0.6 is 27.7 Å². The van der Waals surface area contributed by atoms with Crippen molar-refractivity contribution in [2.75, 3.05) is 18.0 Å². The first kappa shape index (κ1) is 13.3. The molecule has 0 aliphatic carbocycles. The van der Waals surface area contributed by atoms with Crippen molar-refractivity contribution >= 4 is 33.5 Å². The molecule has 0 radical (unpaired) electrons. The minimum Gasteiger partial charge on any atom is -0.354 e. The fourth-order valence-corrected chi connectivity index (χ4v) is 4.57. The summed E-state index contributed by atoms with van der Waals surface area (Å²) in [5.74, 6) is 1.29. The van der Waals surface area contributed by atoms with E-state index in [4.69, 9.17) is 0 Å². The predicted molar refractivity (Wildman–Crippen MR) is 79.3 cm³/mol. The second-order valence-corrected chi connectivity index (χ2v) is 7.25. The Morgan fingerprint density at radius 1 is 1.35 bits per heavy atom. The third-order valence-corrected chi connectivity index (χ3v) is 4.95. The first-order valence-electron chi connectivity index (χ1n) is 6.01. The number of aromatic nitrogens is 2. The summed E-state index contributed by atoms with van der Waals surface area (Å²) in [6, 6.07) is 0. The van der Waals surface area contributed by atoms with Gasteiger partial charge >= 0.3 is 0 Å². The molecule has 0 saturated carbocycles. The van der Waals surface area contributed by atoms with Gasteiger partial charge in [0, 0.05) is 41.5 Å². The van der Waals surface area contributed by atoms with Crippen LogP contribution in [0.3, 0.4) is 0 Å². The van der Waals surface area contributed by atoms with Crippen LogP contribution in [0.25, 0.3) is 0 Å². The van der Waals surface area contributed by atoms with E-state index < -0.39 is 0 Å². The standard InChI is InChI=1S/C12H20BrN3S/c1-8-6-16(7-9(2)17-8)12-11(5-13)10(3)14-15(12)4/h8-9H,5-7H2,1-4H3. The molecule has 0 bridgehead atoms. The molecule has 2 heterocycles. The van der Waals surface area contributed by atoms with Crippen molar-refractivity contribution in [1.29, 1.82) is 0 Å². The van der Waals surface area contributed by atoms with E-state index in [2.05, 4.69) is 58.5 Å². The lowest BCUT2D eigenvalue weighted by molar-refractivity contribution is 0.668. The Hall–Kier alpha value is -0.160. The van der Waals surface area contributed by atoms with E-state index in [1.807, 2.05) is 11.7 Å². The first-order chi connectivity index (χ1) is 8.02. The van der Waals surface area contributed by atoms with Gasteiger partial charge in [-0.15, -0.1) is 0 Å². The summed E-state index contributed by atoms with van der Waals surface area (Å²) in [5.41, 5.74) is 2.47. The molecule has 1 fully saturated rings. The molecule has 1 aromatic heterocycles. The molecule has 1 aliphatic rings. The lowest BCUT2D eigenvalue weighted by atomic mass is 10.2. The van der Waals surface area contributed by atoms with Gasteiger partial charge in [0.1, 0.15) is 5.82 Å². The van der Waals surface area contributed by atoms with Gasteiger partial charge in [-0.1, -0.05) is 29.8 Å². The molecule has 2 rings (SSSR count). The second kappa shape index (κ2) is 5.22. The Labute approximate surface area is 116 Å². The summed E-state index contributed by atoms with van der Waals surface area (Å²) >= 11 is 5.67. The summed E-state index contributed by atoms with van der Waals surface area (Å²) < 4.78 is 2.03. The van der Waals surface area contributed by atoms with Crippen molar-refractivity contribution in [3.8, 4) is 0 Å². The zero-order chi connectivity index (χ0) is 12.6. The number of thioether (sulfide) groups is 1. The van der Waals surface area contributed by atoms with E-state index in [0.717, 1.165) is 24.1 Å². The monoisotopic (exact) mass is 317 g/mol. The van der Waals surface area contributed by atoms with Crippen molar-refractivity contribution in [1.82, 2.24) is 9.78 Å². The maximum atomic E-state index is 4.55. The van der Waals surface area contributed by atoms with E-state index in [1.54, 1.807) is 0 Å². The molecule has 5 heteroatoms. The quantitative estimate of drug-likeness (QED) is 0.782. The van der Waals surface area contributed by atoms with Crippen molar-refractivity contribution in [2.45, 2.75) is 36.6 Å². The largest absolute Gasteiger partial charge is 0.354 e. The lowest BCUT2D eigenvalue weighted by Gasteiger charge is -2.36. The van der Waals surface area contributed by atoms with Crippen molar-refractivity contribution in [3.05, 3.63) is 11.3 Å². The van der Waals surface area contributed by atoms with Gasteiger partial charge in [-0.2, -0.15) is 16.9 Å². The fraction of sp³-hybridized carbons (Fsp3) is 0.750. The molecule has 3 nitrogen and oxygen atoms in total. The Balaban J connectivity index is 2.32. The number of halogens is 1. The van der Waals surface area contributed by atoms with Crippen LogP contribution in [0.1, 0.15) is 25.1 Å². The molecule has 0 spiro atoms. The van der Waals surface area contributed by atoms with Crippen LogP contribution in [0, 0.1) is 6.92 Å². The molecule has 96 valence electrons. The number of rotatable bonds is 2. The van der Waals surface area contributed by atoms with Gasteiger partial charge in [-0.3, -0.25) is 4.68 Å². The van der Waals surface area contributed by atoms with Crippen LogP contribution in [0.2, 0.25) is 0 Å². The van der Waals surface area contributed by atoms with Gasteiger partial charge < -0.3 is 4.90 Å². The van der Waals surface area contributed by atoms with E-state index in [0.29, 0.717) is 10.5 Å². The molecule has 0 N–H and O–H groups in total. The number of anilines is 1. The maximum absolute atomic E-state index is 4.55. The lowest BCUT2D eigenvalue weighted by Crippen LogP contribution is -2.41. The Bertz CT molecular complexity index is 395. The average molecular weight is 318 g/mol. The number of hydrogen-bond donors (Lipinski definition) is 0. The normalized spacial score (nSPS) is 25.4. The highest BCUT2D eigenvalue weighted by Crippen LogP contribution is 2.32. The smallest absolute Gasteiger partial charge is 0.130 e. The molecule has 1 aliphatic heterocycles. The number of alkyl halides is 1. The summed E-state index contributed by atoms with van der Waals surface area (Å²) in [4.78, 5) is 2.49. The van der Waals surface area contributed by atoms with Crippen LogP contribution in [0.4, 0.5) is 5.82 Å². The highest BCUT2D eigenvalue weighted by molar-refractivity contribution is 9.08. The van der Waals surface area contributed by atoms with Crippen LogP contribution < -0.4 is 4.90 Å². The SMILES string of the molecule is Cc1nn(C)c(N2CC(C)SC(C)C2)c1CBr. The zero-order valence-corrected chi connectivity index (χ0v) is 13.3. The molecule has 0 amide bonds. The number of nitrogens with zero attached hydrogens (tertiary/aromatic N) is 3. The number of hydrogen-bond acceptors (Lipinski definition) is 3. The van der Waals surface area contributed by atoms with Gasteiger partial charge in [-0.25, -0.2) is 0 Å². The molecular weight excluding hydrogens is 298 g/mol. The summed E-state index contributed by atoms with van der Waals surface area (Å²) in [7, 11) is 2.05. The van der Waals surface area contributed by atoms with Crippen LogP contribution in [-0.2, 0) is 12.4 Å². The fourth-order valence-electron chi connectivity index (χ4n) is 2.59. The average Bonchev–Trinajstić information content (AvgIpc) is 2.51. The summed E-state index contributed by atoms with van der Waals surface area (Å²) in [6.07, 6.45) is 0. The molecule has 2 atom stereocenters. The highest BCUT2D eigenvalue weighted by Gasteiger charge is 2.26. The topological polar surface area (TPSA) is 21.1 Å². The highest BCUT2D eigenvalue weighted by atomic mass is 79.9. The Morgan fingerprint density at radius 2 is 1.94 bits per heavy atom. The predicted octanol–water partition coefficient (Wildman–Crippen LogP) is 2.95. The van der Waals surface area contributed by atoms with E-state index in [-0.39, 0.29) is 0 Å². The maximum Gasteiger partial charge on any atom is 0.130 e. The van der Waals surface area contributed by atoms with Crippen LogP contribution in [0.5, 0.6) is 0 Å². The Morgan fingerprint density at radius 3 is 2.47 bits per heavy atom. The molecule has 1 saturated heterocycles. The van der Waals surface area contributed by atoms with E-state index in [9.17, 15) is 0 Å². The van der Waals surface area contributed by atoms with Crippen LogP contribution in [-0.4, -0.2) is 33.4 Å². The Kier molecular flexibility index (Phi) is 4.08. The van der Waals surface area contributed by atoms with Crippen molar-refractivity contribution in [2.24, 2.45) is 7.05 Å². The molecule has 0 aromatic carbocycles. The van der Waals surface area contributed by atoms with Gasteiger partial charge in [0.05, 0.1) is 5.69 Å². The molecule has 1 aromatic rings. The van der Waals surface area contributed by atoms with Crippen LogP contribution in [0.15, 0.2) is 0 Å². The van der Waals surface area contributed by atoms with E-state index in [1.165, 1.54) is 11.4 Å². The van der Waals surface area contributed by atoms with Crippen molar-refractivity contribution in [3.63, 3.8) is 0 Å². The number of aryl methyl sites for hydroxylation is 2. The first-order valence-corrected chi connectivity index (χ1v) is 8.08. The zero-order valence-electron chi connectivity index (χ0n) is 10.9.